The first kappa shape index (κ1) is 17.1. The van der Waals surface area contributed by atoms with E-state index in [0.717, 1.165) is 6.42 Å². The minimum atomic E-state index is -4.44. The summed E-state index contributed by atoms with van der Waals surface area (Å²) < 4.78 is 36.4. The zero-order valence-corrected chi connectivity index (χ0v) is 12.2. The molecule has 2 amide bonds. The van der Waals surface area contributed by atoms with Gasteiger partial charge in [-0.05, 0) is 32.1 Å². The number of carbonyl (C=O) groups is 2. The maximum absolute atomic E-state index is 12.4. The third kappa shape index (κ3) is 4.34. The summed E-state index contributed by atoms with van der Waals surface area (Å²) in [7, 11) is 0. The van der Waals surface area contributed by atoms with E-state index in [1.165, 1.54) is 4.90 Å². The van der Waals surface area contributed by atoms with Crippen molar-refractivity contribution in [2.45, 2.75) is 44.4 Å². The molecule has 0 aromatic carbocycles. The Morgan fingerprint density at radius 3 is 2.50 bits per heavy atom. The highest BCUT2D eigenvalue weighted by Gasteiger charge is 2.37. The summed E-state index contributed by atoms with van der Waals surface area (Å²) in [6, 6.07) is 0. The monoisotopic (exact) mass is 322 g/mol. The highest BCUT2D eigenvalue weighted by Crippen LogP contribution is 2.29. The van der Waals surface area contributed by atoms with Crippen molar-refractivity contribution in [3.05, 3.63) is 0 Å². The number of nitrogens with one attached hydrogen (secondary N) is 1. The van der Waals surface area contributed by atoms with Gasteiger partial charge in [-0.25, -0.2) is 0 Å². The molecule has 126 valence electrons. The molecule has 2 aliphatic rings. The molecule has 1 aliphatic heterocycles. The Kier molecular flexibility index (Phi) is 5.31. The number of likely N-dealkylation sites (tertiary alicyclic amines) is 1. The first-order valence-corrected chi connectivity index (χ1v) is 7.59. The van der Waals surface area contributed by atoms with Gasteiger partial charge in [0.2, 0.25) is 11.8 Å². The highest BCUT2D eigenvalue weighted by molar-refractivity contribution is 5.82. The van der Waals surface area contributed by atoms with Crippen LogP contribution in [-0.2, 0) is 9.59 Å². The number of halogens is 3. The van der Waals surface area contributed by atoms with E-state index in [1.54, 1.807) is 0 Å². The summed E-state index contributed by atoms with van der Waals surface area (Å²) in [4.78, 5) is 25.7. The van der Waals surface area contributed by atoms with E-state index >= 15 is 0 Å². The molecule has 5 nitrogen and oxygen atoms in total. The van der Waals surface area contributed by atoms with Crippen LogP contribution in [0.25, 0.3) is 0 Å². The topological polar surface area (TPSA) is 69.6 Å². The Balaban J connectivity index is 1.88. The number of hydrogen-bond acceptors (Lipinski definition) is 3. The molecule has 1 heterocycles. The fourth-order valence-electron chi connectivity index (χ4n) is 3.19. The van der Waals surface area contributed by atoms with E-state index in [4.69, 9.17) is 0 Å². The predicted octanol–water partition coefficient (Wildman–Crippen LogP) is 1.06. The van der Waals surface area contributed by atoms with E-state index in [1.807, 2.05) is 5.32 Å². The maximum Gasteiger partial charge on any atom is 0.405 e. The lowest BCUT2D eigenvalue weighted by Gasteiger charge is -2.34. The second-order valence-electron chi connectivity index (χ2n) is 6.06. The van der Waals surface area contributed by atoms with E-state index < -0.39 is 36.6 Å². The number of piperidine rings is 1. The molecule has 2 N–H and O–H groups in total. The van der Waals surface area contributed by atoms with Crippen LogP contribution in [0.5, 0.6) is 0 Å². The molecule has 1 saturated heterocycles. The van der Waals surface area contributed by atoms with Gasteiger partial charge in [0.25, 0.3) is 0 Å². The van der Waals surface area contributed by atoms with Gasteiger partial charge in [0, 0.05) is 13.1 Å². The average Bonchev–Trinajstić information content (AvgIpc) is 2.89. The molecule has 1 aliphatic carbocycles. The Morgan fingerprint density at radius 1 is 1.18 bits per heavy atom. The molecule has 2 fully saturated rings. The van der Waals surface area contributed by atoms with Gasteiger partial charge in [-0.1, -0.05) is 0 Å². The van der Waals surface area contributed by atoms with Gasteiger partial charge in [0.15, 0.2) is 0 Å². The lowest BCUT2D eigenvalue weighted by atomic mass is 9.95. The first-order valence-electron chi connectivity index (χ1n) is 7.59. The lowest BCUT2D eigenvalue weighted by molar-refractivity contribution is -0.145. The molecule has 0 aromatic rings. The van der Waals surface area contributed by atoms with Crippen LogP contribution >= 0.6 is 0 Å². The van der Waals surface area contributed by atoms with Crippen LogP contribution < -0.4 is 5.32 Å². The quantitative estimate of drug-likeness (QED) is 0.816. The van der Waals surface area contributed by atoms with Crippen LogP contribution in [0.1, 0.15) is 32.1 Å². The van der Waals surface area contributed by atoms with Crippen molar-refractivity contribution >= 4 is 11.8 Å². The van der Waals surface area contributed by atoms with Crippen molar-refractivity contribution in [1.82, 2.24) is 10.2 Å². The number of hydrogen-bond donors (Lipinski definition) is 2. The van der Waals surface area contributed by atoms with E-state index in [9.17, 15) is 27.9 Å². The molecule has 22 heavy (non-hydrogen) atoms. The Morgan fingerprint density at radius 2 is 1.91 bits per heavy atom. The average molecular weight is 322 g/mol. The largest absolute Gasteiger partial charge is 0.405 e. The molecule has 0 spiro atoms. The second-order valence-corrected chi connectivity index (χ2v) is 6.06. The van der Waals surface area contributed by atoms with E-state index in [2.05, 4.69) is 0 Å². The van der Waals surface area contributed by atoms with Crippen molar-refractivity contribution < 1.29 is 27.9 Å². The van der Waals surface area contributed by atoms with Gasteiger partial charge in [-0.15, -0.1) is 0 Å². The zero-order chi connectivity index (χ0) is 16.3. The Bertz CT molecular complexity index is 428. The minimum absolute atomic E-state index is 0.131. The highest BCUT2D eigenvalue weighted by atomic mass is 19.4. The van der Waals surface area contributed by atoms with Crippen LogP contribution in [0.2, 0.25) is 0 Å². The van der Waals surface area contributed by atoms with Gasteiger partial charge >= 0.3 is 6.18 Å². The summed E-state index contributed by atoms with van der Waals surface area (Å²) in [6.45, 7) is -0.728. The van der Waals surface area contributed by atoms with Gasteiger partial charge in [-0.3, -0.25) is 9.59 Å². The lowest BCUT2D eigenvalue weighted by Crippen LogP contribution is -2.49. The van der Waals surface area contributed by atoms with Gasteiger partial charge in [-0.2, -0.15) is 13.2 Å². The van der Waals surface area contributed by atoms with E-state index in [-0.39, 0.29) is 12.5 Å². The number of amides is 2. The Hall–Kier alpha value is -1.31. The minimum Gasteiger partial charge on any atom is -0.392 e. The molecule has 3 atom stereocenters. The van der Waals surface area contributed by atoms with E-state index in [0.29, 0.717) is 32.2 Å². The predicted molar refractivity (Wildman–Crippen MR) is 71.7 cm³/mol. The Labute approximate surface area is 126 Å². The molecule has 0 bridgehead atoms. The summed E-state index contributed by atoms with van der Waals surface area (Å²) in [6.07, 6.45) is -2.01. The summed E-state index contributed by atoms with van der Waals surface area (Å²) >= 11 is 0. The molecular formula is C14H21F3N2O3. The van der Waals surface area contributed by atoms with Crippen molar-refractivity contribution in [2.24, 2.45) is 11.8 Å². The van der Waals surface area contributed by atoms with Gasteiger partial charge < -0.3 is 15.3 Å². The molecule has 0 radical (unpaired) electrons. The van der Waals surface area contributed by atoms with Crippen LogP contribution in [0, 0.1) is 11.8 Å². The third-order valence-corrected chi connectivity index (χ3v) is 4.36. The summed E-state index contributed by atoms with van der Waals surface area (Å²) in [5, 5.41) is 11.7. The van der Waals surface area contributed by atoms with Crippen molar-refractivity contribution in [2.75, 3.05) is 19.6 Å². The zero-order valence-electron chi connectivity index (χ0n) is 12.2. The standard InChI is InChI=1S/C14H21F3N2O3/c15-14(16,17)8-18-12(21)9-3-2-6-19(7-9)13(22)10-4-1-5-11(10)20/h9-11,20H,1-8H2,(H,18,21). The van der Waals surface area contributed by atoms with Gasteiger partial charge in [0.1, 0.15) is 6.54 Å². The van der Waals surface area contributed by atoms with Crippen molar-refractivity contribution in [3.8, 4) is 0 Å². The second kappa shape index (κ2) is 6.85. The van der Waals surface area contributed by atoms with Crippen LogP contribution in [0.15, 0.2) is 0 Å². The SMILES string of the molecule is O=C(NCC(F)(F)F)C1CCCN(C(=O)C2CCCC2O)C1. The number of aliphatic hydroxyl groups is 1. The number of aliphatic hydroxyl groups excluding tert-OH is 1. The number of alkyl halides is 3. The van der Waals surface area contributed by atoms with Crippen LogP contribution in [0.3, 0.4) is 0 Å². The number of nitrogens with zero attached hydrogens (tertiary/aromatic N) is 1. The van der Waals surface area contributed by atoms with Crippen LogP contribution in [-0.4, -0.2) is 53.7 Å². The fraction of sp³-hybridized carbons (Fsp3) is 0.857. The molecule has 0 aromatic heterocycles. The fourth-order valence-corrected chi connectivity index (χ4v) is 3.19. The van der Waals surface area contributed by atoms with Crippen molar-refractivity contribution in [3.63, 3.8) is 0 Å². The third-order valence-electron chi connectivity index (χ3n) is 4.36. The maximum atomic E-state index is 12.4. The molecule has 1 saturated carbocycles. The molecular weight excluding hydrogens is 301 g/mol. The first-order chi connectivity index (χ1) is 10.3. The van der Waals surface area contributed by atoms with Gasteiger partial charge in [0.05, 0.1) is 17.9 Å². The number of carbonyl (C=O) groups excluding carboxylic acids is 2. The van der Waals surface area contributed by atoms with Crippen molar-refractivity contribution in [1.29, 1.82) is 0 Å². The molecule has 2 rings (SSSR count). The molecule has 8 heteroatoms. The summed E-state index contributed by atoms with van der Waals surface area (Å²) in [5.74, 6) is -1.89. The van der Waals surface area contributed by atoms with Crippen LogP contribution in [0.4, 0.5) is 13.2 Å². The summed E-state index contributed by atoms with van der Waals surface area (Å²) in [5.41, 5.74) is 0. The smallest absolute Gasteiger partial charge is 0.392 e. The molecule has 3 unspecified atom stereocenters. The normalized spacial score (nSPS) is 29.5. The number of rotatable bonds is 3.